The average molecular weight is 824 g/mol. The van der Waals surface area contributed by atoms with Gasteiger partial charge in [0.05, 0.1) is 0 Å². The molecule has 0 saturated heterocycles. The Morgan fingerprint density at radius 3 is 0.661 bits per heavy atom. The van der Waals surface area contributed by atoms with Gasteiger partial charge in [0.1, 0.15) is 0 Å². The van der Waals surface area contributed by atoms with Gasteiger partial charge in [-0.15, -0.1) is 0 Å². The molecule has 0 aliphatic rings. The van der Waals surface area contributed by atoms with E-state index in [1.54, 1.807) is 0 Å². The zero-order chi connectivity index (χ0) is 41.3. The van der Waals surface area contributed by atoms with Crippen molar-refractivity contribution in [1.29, 1.82) is 0 Å². The van der Waals surface area contributed by atoms with Gasteiger partial charge in [-0.05, 0) is 49.1 Å². The normalized spacial score (nSPS) is 12.0. The highest BCUT2D eigenvalue weighted by Gasteiger charge is 2.43. The van der Waals surface area contributed by atoms with Crippen molar-refractivity contribution in [3.63, 3.8) is 0 Å². The molecule has 4 nitrogen and oxygen atoms in total. The van der Waals surface area contributed by atoms with Gasteiger partial charge in [-0.2, -0.15) is 0 Å². The van der Waals surface area contributed by atoms with Crippen molar-refractivity contribution >= 4 is 28.6 Å². The number of unbranched alkanes of at least 4 members (excludes halogenated alkanes) is 28. The van der Waals surface area contributed by atoms with Crippen LogP contribution < -0.4 is 0 Å². The molecule has 0 aliphatic heterocycles. The molecule has 0 aromatic heterocycles. The maximum atomic E-state index is 13.4. The van der Waals surface area contributed by atoms with E-state index in [4.69, 9.17) is 8.85 Å². The van der Waals surface area contributed by atoms with Crippen LogP contribution in [0, 0.1) is 0 Å². The molecule has 0 unspecified atom stereocenters. The summed E-state index contributed by atoms with van der Waals surface area (Å²) in [5.41, 5.74) is 0. The van der Waals surface area contributed by atoms with E-state index in [1.165, 1.54) is 167 Å². The molecule has 0 aromatic rings. The quantitative estimate of drug-likeness (QED) is 0.0453. The lowest BCUT2D eigenvalue weighted by atomic mass is 10.0. The van der Waals surface area contributed by atoms with Crippen LogP contribution in [0.5, 0.6) is 0 Å². The van der Waals surface area contributed by atoms with Crippen molar-refractivity contribution in [2.45, 2.75) is 309 Å². The average Bonchev–Trinajstić information content (AvgIpc) is 3.17. The van der Waals surface area contributed by atoms with Gasteiger partial charge in [-0.3, -0.25) is 9.59 Å². The summed E-state index contributed by atoms with van der Waals surface area (Å²) in [6.45, 7) is 13.6. The second-order valence-corrected chi connectivity index (χ2v) is 26.4. The van der Waals surface area contributed by atoms with Gasteiger partial charge in [0.25, 0.3) is 28.6 Å². The zero-order valence-corrected chi connectivity index (χ0v) is 41.3. The monoisotopic (exact) mass is 823 g/mol. The molecule has 0 bridgehead atoms. The molecule has 0 aliphatic carbocycles. The Labute approximate surface area is 354 Å². The maximum absolute atomic E-state index is 13.4. The molecule has 0 radical (unpaired) electrons. The van der Waals surface area contributed by atoms with Crippen molar-refractivity contribution < 1.29 is 18.4 Å². The molecule has 0 aromatic carbocycles. The largest absolute Gasteiger partial charge is 0.519 e. The Bertz CT molecular complexity index is 769. The van der Waals surface area contributed by atoms with Gasteiger partial charge in [0.2, 0.25) is 0 Å². The van der Waals surface area contributed by atoms with Crippen LogP contribution in [0.1, 0.15) is 273 Å². The predicted octanol–water partition coefficient (Wildman–Crippen LogP) is 18.1. The van der Waals surface area contributed by atoms with E-state index in [9.17, 15) is 9.59 Å². The minimum atomic E-state index is -2.26. The van der Waals surface area contributed by atoms with E-state index >= 15 is 0 Å². The smallest absolute Gasteiger partial charge is 0.292 e. The van der Waals surface area contributed by atoms with Gasteiger partial charge >= 0.3 is 0 Å². The van der Waals surface area contributed by atoms with Crippen LogP contribution in [0.15, 0.2) is 0 Å². The molecule has 0 fully saturated rings. The third-order valence-electron chi connectivity index (χ3n) is 12.5. The van der Waals surface area contributed by atoms with Crippen LogP contribution in [0.25, 0.3) is 0 Å². The highest BCUT2D eigenvalue weighted by molar-refractivity contribution is 6.80. The van der Waals surface area contributed by atoms with Gasteiger partial charge in [0, 0.05) is 12.8 Å². The van der Waals surface area contributed by atoms with Gasteiger partial charge < -0.3 is 8.85 Å². The molecular formula is C50H102O4Si2. The van der Waals surface area contributed by atoms with Crippen molar-refractivity contribution in [3.8, 4) is 0 Å². The van der Waals surface area contributed by atoms with Crippen molar-refractivity contribution in [2.75, 3.05) is 0 Å². The Kier molecular flexibility index (Phi) is 40.7. The number of rotatable bonds is 45. The van der Waals surface area contributed by atoms with Gasteiger partial charge in [-0.1, -0.05) is 247 Å². The Balaban J connectivity index is 4.60. The molecule has 0 rings (SSSR count). The third kappa shape index (κ3) is 33.2. The minimum Gasteiger partial charge on any atom is -0.519 e. The van der Waals surface area contributed by atoms with Crippen LogP contribution in [-0.4, -0.2) is 28.6 Å². The zero-order valence-electron chi connectivity index (χ0n) is 39.3. The van der Waals surface area contributed by atoms with Crippen LogP contribution >= 0.6 is 0 Å². The van der Waals surface area contributed by atoms with E-state index in [0.29, 0.717) is 12.8 Å². The lowest BCUT2D eigenvalue weighted by Gasteiger charge is -2.36. The van der Waals surface area contributed by atoms with Crippen molar-refractivity contribution in [2.24, 2.45) is 0 Å². The fourth-order valence-corrected chi connectivity index (χ4v) is 19.8. The lowest BCUT2D eigenvalue weighted by Crippen LogP contribution is -2.46. The molecule has 0 saturated carbocycles. The summed E-state index contributed by atoms with van der Waals surface area (Å²) in [4.78, 5) is 26.7. The minimum absolute atomic E-state index is 0.0525. The van der Waals surface area contributed by atoms with E-state index in [2.05, 4.69) is 41.5 Å². The molecule has 0 amide bonds. The van der Waals surface area contributed by atoms with E-state index < -0.39 is 16.6 Å². The van der Waals surface area contributed by atoms with Crippen molar-refractivity contribution in [3.05, 3.63) is 0 Å². The summed E-state index contributed by atoms with van der Waals surface area (Å²) < 4.78 is 13.3. The third-order valence-corrected chi connectivity index (χ3v) is 22.3. The van der Waals surface area contributed by atoms with Gasteiger partial charge in [-0.25, -0.2) is 0 Å². The fraction of sp³-hybridized carbons (Fsp3) is 0.960. The van der Waals surface area contributed by atoms with Crippen LogP contribution in [0.4, 0.5) is 0 Å². The Hall–Kier alpha value is -0.626. The van der Waals surface area contributed by atoms with E-state index in [0.717, 1.165) is 87.6 Å². The summed E-state index contributed by atoms with van der Waals surface area (Å²) in [7, 11) is -4.51. The Morgan fingerprint density at radius 1 is 0.268 bits per heavy atom. The fourth-order valence-electron chi connectivity index (χ4n) is 9.20. The molecule has 334 valence electrons. The first-order valence-electron chi connectivity index (χ1n) is 25.8. The SMILES string of the molecule is CCCCCCCCCCCCCCCCCC(=O)O[Si](CCC)(CCC)CC[Si](CCC)(CCC)OC(=O)CCCCCCCCCCCCCCCCC. The molecule has 0 atom stereocenters. The second kappa shape index (κ2) is 41.1. The molecule has 0 N–H and O–H groups in total. The topological polar surface area (TPSA) is 52.6 Å². The van der Waals surface area contributed by atoms with E-state index in [1.807, 2.05) is 0 Å². The number of hydrogen-bond acceptors (Lipinski definition) is 4. The van der Waals surface area contributed by atoms with E-state index in [-0.39, 0.29) is 11.9 Å². The summed E-state index contributed by atoms with van der Waals surface area (Å²) in [6, 6.07) is 6.14. The standard InChI is InChI=1S/C50H102O4Si2/c1-7-13-15-17-19-21-23-25-27-29-31-33-35-37-39-41-49(51)53-55(43-9-3,44-10-4)47-48-56(45-11-5,46-12-6)54-50(52)42-40-38-36-34-32-30-28-26-24-22-20-18-16-14-8-2/h7-48H2,1-6H3. The second-order valence-electron chi connectivity index (χ2n) is 18.2. The summed E-state index contributed by atoms with van der Waals surface area (Å²) in [5, 5.41) is 0. The highest BCUT2D eigenvalue weighted by Crippen LogP contribution is 2.36. The summed E-state index contributed by atoms with van der Waals surface area (Å²) >= 11 is 0. The first-order valence-corrected chi connectivity index (χ1v) is 30.9. The van der Waals surface area contributed by atoms with Crippen LogP contribution in [0.2, 0.25) is 36.3 Å². The Morgan fingerprint density at radius 2 is 0.464 bits per heavy atom. The molecule has 0 spiro atoms. The molecule has 0 heterocycles. The maximum Gasteiger partial charge on any atom is 0.292 e. The summed E-state index contributed by atoms with van der Waals surface area (Å²) in [6.07, 6.45) is 45.4. The molecule has 56 heavy (non-hydrogen) atoms. The predicted molar refractivity (Wildman–Crippen MR) is 253 cm³/mol. The van der Waals surface area contributed by atoms with Gasteiger partial charge in [0.15, 0.2) is 0 Å². The first kappa shape index (κ1) is 55.4. The van der Waals surface area contributed by atoms with Crippen molar-refractivity contribution in [1.82, 2.24) is 0 Å². The van der Waals surface area contributed by atoms with Crippen LogP contribution in [0.3, 0.4) is 0 Å². The number of carbonyl (C=O) groups excluding carboxylic acids is 2. The molecular weight excluding hydrogens is 721 g/mol. The first-order chi connectivity index (χ1) is 27.4. The summed E-state index contributed by atoms with van der Waals surface area (Å²) in [5.74, 6) is 0.105. The highest BCUT2D eigenvalue weighted by atomic mass is 28.4. The number of carbonyl (C=O) groups is 2. The molecule has 6 heteroatoms. The number of hydrogen-bond donors (Lipinski definition) is 0. The lowest BCUT2D eigenvalue weighted by molar-refractivity contribution is -0.136. The van der Waals surface area contributed by atoms with Crippen LogP contribution in [-0.2, 0) is 18.4 Å².